The highest BCUT2D eigenvalue weighted by atomic mass is 32.1. The quantitative estimate of drug-likeness (QED) is 0.352. The highest BCUT2D eigenvalue weighted by Crippen LogP contribution is 2.42. The average molecular weight is 467 g/mol. The van der Waals surface area contributed by atoms with Crippen molar-refractivity contribution in [3.63, 3.8) is 0 Å². The molecule has 2 atom stereocenters. The van der Waals surface area contributed by atoms with Gasteiger partial charge in [-0.15, -0.1) is 11.3 Å². The summed E-state index contributed by atoms with van der Waals surface area (Å²) in [5, 5.41) is 0. The van der Waals surface area contributed by atoms with Gasteiger partial charge in [-0.05, 0) is 84.9 Å². The minimum absolute atomic E-state index is 0.0989. The van der Waals surface area contributed by atoms with Gasteiger partial charge in [0.2, 0.25) is 0 Å². The molecule has 1 aliphatic heterocycles. The molecule has 0 spiro atoms. The van der Waals surface area contributed by atoms with Crippen LogP contribution in [0.3, 0.4) is 0 Å². The van der Waals surface area contributed by atoms with Crippen molar-refractivity contribution in [2.24, 2.45) is 5.92 Å². The van der Waals surface area contributed by atoms with Gasteiger partial charge in [-0.1, -0.05) is 50.5 Å². The Morgan fingerprint density at radius 2 is 1.61 bits per heavy atom. The number of hydrogen-bond donors (Lipinski definition) is 0. The van der Waals surface area contributed by atoms with Gasteiger partial charge in [0, 0.05) is 9.75 Å². The highest BCUT2D eigenvalue weighted by molar-refractivity contribution is 7.15. The smallest absolute Gasteiger partial charge is 0.135 e. The predicted octanol–water partition coefficient (Wildman–Crippen LogP) is 9.29. The number of ether oxygens (including phenoxy) is 1. The molecule has 1 aromatic heterocycles. The van der Waals surface area contributed by atoms with Crippen molar-refractivity contribution in [2.45, 2.75) is 70.3 Å². The molecule has 2 heterocycles. The Kier molecular flexibility index (Phi) is 6.94. The van der Waals surface area contributed by atoms with E-state index in [0.717, 1.165) is 24.2 Å². The van der Waals surface area contributed by atoms with Crippen molar-refractivity contribution < 1.29 is 13.5 Å². The third-order valence-corrected chi connectivity index (χ3v) is 8.62. The van der Waals surface area contributed by atoms with Crippen LogP contribution < -0.4 is 0 Å². The lowest BCUT2D eigenvalue weighted by Gasteiger charge is -2.29. The first-order valence-electron chi connectivity index (χ1n) is 12.4. The molecule has 2 aromatic carbocycles. The summed E-state index contributed by atoms with van der Waals surface area (Å²) in [6.45, 7) is 3.04. The van der Waals surface area contributed by atoms with Gasteiger partial charge in [0.25, 0.3) is 0 Å². The van der Waals surface area contributed by atoms with Crippen LogP contribution in [0.5, 0.6) is 0 Å². The Morgan fingerprint density at radius 3 is 2.24 bits per heavy atom. The molecule has 3 aromatic rings. The van der Waals surface area contributed by atoms with Crippen molar-refractivity contribution in [2.75, 3.05) is 6.61 Å². The van der Waals surface area contributed by atoms with Gasteiger partial charge >= 0.3 is 0 Å². The molecule has 4 heteroatoms. The van der Waals surface area contributed by atoms with Crippen LogP contribution in [0, 0.1) is 17.6 Å². The number of thiophene rings is 1. The maximum absolute atomic E-state index is 15.1. The summed E-state index contributed by atoms with van der Waals surface area (Å²) in [6.07, 6.45) is 9.65. The standard InChI is InChI=1S/C29H32F2OS/c1-2-5-19-8-13-26(32-18-19)21-11-9-20(10-12-21)23-16-24(30)29(25(31)17-23)28-15-14-27(33-28)22-6-3-4-7-22/h9-12,14-17,19,22,26H,2-8,13,18H2,1H3. The molecule has 1 saturated carbocycles. The minimum atomic E-state index is -0.494. The highest BCUT2D eigenvalue weighted by Gasteiger charge is 2.23. The fraction of sp³-hybridized carbons (Fsp3) is 0.448. The molecule has 0 N–H and O–H groups in total. The zero-order chi connectivity index (χ0) is 22.8. The van der Waals surface area contributed by atoms with Gasteiger partial charge in [-0.25, -0.2) is 8.78 Å². The van der Waals surface area contributed by atoms with E-state index in [0.29, 0.717) is 22.3 Å². The summed E-state index contributed by atoms with van der Waals surface area (Å²) in [4.78, 5) is 1.94. The summed E-state index contributed by atoms with van der Waals surface area (Å²) in [5.41, 5.74) is 2.63. The summed E-state index contributed by atoms with van der Waals surface area (Å²) in [7, 11) is 0. The lowest BCUT2D eigenvalue weighted by molar-refractivity contribution is -0.0194. The third-order valence-electron chi connectivity index (χ3n) is 7.36. The Hall–Kier alpha value is -2.04. The van der Waals surface area contributed by atoms with Gasteiger partial charge < -0.3 is 4.74 Å². The number of halogens is 2. The van der Waals surface area contributed by atoms with Gasteiger partial charge in [0.1, 0.15) is 11.6 Å². The zero-order valence-corrected chi connectivity index (χ0v) is 20.1. The van der Waals surface area contributed by atoms with E-state index in [-0.39, 0.29) is 11.7 Å². The van der Waals surface area contributed by atoms with E-state index >= 15 is 8.78 Å². The van der Waals surface area contributed by atoms with Crippen LogP contribution in [0.25, 0.3) is 21.6 Å². The van der Waals surface area contributed by atoms with E-state index in [4.69, 9.17) is 4.74 Å². The van der Waals surface area contributed by atoms with E-state index in [1.807, 2.05) is 30.3 Å². The summed E-state index contributed by atoms with van der Waals surface area (Å²) in [6, 6.07) is 14.8. The van der Waals surface area contributed by atoms with Gasteiger partial charge in [-0.2, -0.15) is 0 Å². The SMILES string of the molecule is CCCC1CCC(c2ccc(-c3cc(F)c(-c4ccc(C5CCCC5)s4)c(F)c3)cc2)OC1. The molecule has 174 valence electrons. The molecule has 1 nitrogen and oxygen atoms in total. The molecule has 2 aliphatic rings. The van der Waals surface area contributed by atoms with Crippen molar-refractivity contribution >= 4 is 11.3 Å². The first kappa shape index (κ1) is 22.7. The summed E-state index contributed by atoms with van der Waals surface area (Å²) < 4.78 is 36.3. The summed E-state index contributed by atoms with van der Waals surface area (Å²) in [5.74, 6) is 0.240. The fourth-order valence-corrected chi connectivity index (χ4v) is 6.71. The first-order chi connectivity index (χ1) is 16.1. The predicted molar refractivity (Wildman–Crippen MR) is 133 cm³/mol. The van der Waals surface area contributed by atoms with E-state index < -0.39 is 11.6 Å². The van der Waals surface area contributed by atoms with Crippen LogP contribution in [-0.2, 0) is 4.74 Å². The van der Waals surface area contributed by atoms with Gasteiger partial charge in [0.05, 0.1) is 18.3 Å². The average Bonchev–Trinajstić information content (AvgIpc) is 3.52. The molecule has 5 rings (SSSR count). The second-order valence-electron chi connectivity index (χ2n) is 9.67. The molecular formula is C29H32F2OS. The first-order valence-corrected chi connectivity index (χ1v) is 13.2. The van der Waals surface area contributed by atoms with Crippen molar-refractivity contribution in [3.8, 4) is 21.6 Å². The van der Waals surface area contributed by atoms with E-state index in [1.54, 1.807) is 11.3 Å². The Balaban J connectivity index is 1.32. The lowest BCUT2D eigenvalue weighted by Crippen LogP contribution is -2.20. The van der Waals surface area contributed by atoms with E-state index in [2.05, 4.69) is 13.0 Å². The molecule has 2 fully saturated rings. The van der Waals surface area contributed by atoms with Crippen LogP contribution in [0.1, 0.15) is 80.8 Å². The molecule has 0 bridgehead atoms. The lowest BCUT2D eigenvalue weighted by atomic mass is 9.91. The maximum Gasteiger partial charge on any atom is 0.135 e. The molecule has 1 saturated heterocycles. The third kappa shape index (κ3) is 4.93. The van der Waals surface area contributed by atoms with Crippen molar-refractivity contribution in [1.29, 1.82) is 0 Å². The zero-order valence-electron chi connectivity index (χ0n) is 19.3. The summed E-state index contributed by atoms with van der Waals surface area (Å²) >= 11 is 1.54. The van der Waals surface area contributed by atoms with Crippen LogP contribution in [-0.4, -0.2) is 6.61 Å². The number of rotatable bonds is 6. The molecule has 2 unspecified atom stereocenters. The molecule has 33 heavy (non-hydrogen) atoms. The van der Waals surface area contributed by atoms with Crippen molar-refractivity contribution in [3.05, 3.63) is 70.6 Å². The Morgan fingerprint density at radius 1 is 0.879 bits per heavy atom. The normalized spacial score (nSPS) is 21.5. The van der Waals surface area contributed by atoms with E-state index in [9.17, 15) is 0 Å². The van der Waals surface area contributed by atoms with Crippen molar-refractivity contribution in [1.82, 2.24) is 0 Å². The van der Waals surface area contributed by atoms with Gasteiger partial charge in [0.15, 0.2) is 0 Å². The number of benzene rings is 2. The Labute approximate surface area is 199 Å². The van der Waals surface area contributed by atoms with Crippen LogP contribution in [0.4, 0.5) is 8.78 Å². The second-order valence-corrected chi connectivity index (χ2v) is 10.8. The molecule has 0 radical (unpaired) electrons. The minimum Gasteiger partial charge on any atom is -0.373 e. The topological polar surface area (TPSA) is 9.23 Å². The van der Waals surface area contributed by atoms with Gasteiger partial charge in [-0.3, -0.25) is 0 Å². The fourth-order valence-electron chi connectivity index (χ4n) is 5.49. The van der Waals surface area contributed by atoms with Crippen LogP contribution >= 0.6 is 11.3 Å². The Bertz CT molecular complexity index is 1050. The molecule has 0 amide bonds. The van der Waals surface area contributed by atoms with E-state index in [1.165, 1.54) is 62.0 Å². The maximum atomic E-state index is 15.1. The number of hydrogen-bond acceptors (Lipinski definition) is 2. The monoisotopic (exact) mass is 466 g/mol. The van der Waals surface area contributed by atoms with Crippen LogP contribution in [0.15, 0.2) is 48.5 Å². The molecular weight excluding hydrogens is 434 g/mol. The molecule has 1 aliphatic carbocycles. The largest absolute Gasteiger partial charge is 0.373 e. The second kappa shape index (κ2) is 10.1. The van der Waals surface area contributed by atoms with Crippen LogP contribution in [0.2, 0.25) is 0 Å².